The topological polar surface area (TPSA) is 0 Å². The van der Waals surface area contributed by atoms with Crippen LogP contribution in [0.25, 0.3) is 0 Å². The maximum Gasteiger partial charge on any atom is 0.0390 e. The summed E-state index contributed by atoms with van der Waals surface area (Å²) in [5.41, 5.74) is 0.225. The molecule has 1 aliphatic carbocycles. The highest BCUT2D eigenvalue weighted by Gasteiger charge is 2.43. The van der Waals surface area contributed by atoms with Gasteiger partial charge in [0.15, 0.2) is 0 Å². The smallest absolute Gasteiger partial charge is 0.0390 e. The Labute approximate surface area is 79.3 Å². The molecule has 1 aliphatic rings. The zero-order valence-electron chi connectivity index (χ0n) is 7.40. The molecule has 0 heterocycles. The highest BCUT2D eigenvalue weighted by molar-refractivity contribution is 6.22. The average Bonchev–Trinajstić information content (AvgIpc) is 2.08. The van der Waals surface area contributed by atoms with Crippen LogP contribution in [0.4, 0.5) is 0 Å². The van der Waals surface area contributed by atoms with Gasteiger partial charge >= 0.3 is 0 Å². The van der Waals surface area contributed by atoms with Gasteiger partial charge in [-0.3, -0.25) is 0 Å². The van der Waals surface area contributed by atoms with Crippen LogP contribution in [0, 0.1) is 11.3 Å². The quantitative estimate of drug-likeness (QED) is 0.560. The van der Waals surface area contributed by atoms with Gasteiger partial charge in [-0.1, -0.05) is 13.8 Å². The molecule has 0 aromatic carbocycles. The van der Waals surface area contributed by atoms with E-state index in [9.17, 15) is 0 Å². The number of hydrogen-bond donors (Lipinski definition) is 0. The summed E-state index contributed by atoms with van der Waals surface area (Å²) >= 11 is 12.3. The van der Waals surface area contributed by atoms with E-state index in [2.05, 4.69) is 20.8 Å². The van der Waals surface area contributed by atoms with Gasteiger partial charge in [0, 0.05) is 10.8 Å². The van der Waals surface area contributed by atoms with Crippen LogP contribution in [0.3, 0.4) is 0 Å². The van der Waals surface area contributed by atoms with Gasteiger partial charge in [-0.15, -0.1) is 23.2 Å². The van der Waals surface area contributed by atoms with Gasteiger partial charge in [-0.05, 0) is 31.1 Å². The lowest BCUT2D eigenvalue weighted by Gasteiger charge is -2.31. The summed E-state index contributed by atoms with van der Waals surface area (Å²) in [4.78, 5) is 0. The summed E-state index contributed by atoms with van der Waals surface area (Å²) < 4.78 is 0. The minimum absolute atomic E-state index is 0.225. The molecule has 0 radical (unpaired) electrons. The first-order valence-electron chi connectivity index (χ1n) is 4.24. The maximum atomic E-state index is 6.18. The van der Waals surface area contributed by atoms with E-state index >= 15 is 0 Å². The zero-order chi connectivity index (χ0) is 8.65. The Morgan fingerprint density at radius 1 is 1.36 bits per heavy atom. The van der Waals surface area contributed by atoms with Crippen LogP contribution in [0.15, 0.2) is 0 Å². The van der Waals surface area contributed by atoms with Crippen molar-refractivity contribution in [2.24, 2.45) is 11.3 Å². The van der Waals surface area contributed by atoms with Crippen LogP contribution in [-0.4, -0.2) is 10.8 Å². The number of hydrogen-bond acceptors (Lipinski definition) is 0. The SMILES string of the molecule is CC(Cl)[C@@H]1CC[C@@H](Cl)C1(C)C. The fraction of sp³-hybridized carbons (Fsp3) is 1.00. The average molecular weight is 195 g/mol. The predicted octanol–water partition coefficient (Wildman–Crippen LogP) is 3.66. The molecule has 1 rings (SSSR count). The van der Waals surface area contributed by atoms with Gasteiger partial charge in [0.1, 0.15) is 0 Å². The van der Waals surface area contributed by atoms with Crippen molar-refractivity contribution < 1.29 is 0 Å². The van der Waals surface area contributed by atoms with Crippen molar-refractivity contribution in [3.63, 3.8) is 0 Å². The Balaban J connectivity index is 2.70. The van der Waals surface area contributed by atoms with Crippen LogP contribution in [0.2, 0.25) is 0 Å². The Morgan fingerprint density at radius 2 is 1.91 bits per heavy atom. The van der Waals surface area contributed by atoms with Gasteiger partial charge < -0.3 is 0 Å². The Hall–Kier alpha value is 0.580. The summed E-state index contributed by atoms with van der Waals surface area (Å²) in [7, 11) is 0. The highest BCUT2D eigenvalue weighted by atomic mass is 35.5. The highest BCUT2D eigenvalue weighted by Crippen LogP contribution is 2.48. The second-order valence-corrected chi connectivity index (χ2v) is 5.37. The molecule has 11 heavy (non-hydrogen) atoms. The van der Waals surface area contributed by atoms with Gasteiger partial charge in [-0.25, -0.2) is 0 Å². The number of halogens is 2. The second-order valence-electron chi connectivity index (χ2n) is 4.15. The molecule has 0 bridgehead atoms. The first-order valence-corrected chi connectivity index (χ1v) is 5.11. The van der Waals surface area contributed by atoms with Crippen molar-refractivity contribution in [2.45, 2.75) is 44.4 Å². The molecule has 1 unspecified atom stereocenters. The van der Waals surface area contributed by atoms with E-state index < -0.39 is 0 Å². The lowest BCUT2D eigenvalue weighted by molar-refractivity contribution is 0.261. The second kappa shape index (κ2) is 3.14. The minimum Gasteiger partial charge on any atom is -0.123 e. The molecule has 0 saturated heterocycles. The van der Waals surface area contributed by atoms with Crippen LogP contribution >= 0.6 is 23.2 Å². The minimum atomic E-state index is 0.225. The van der Waals surface area contributed by atoms with E-state index in [0.29, 0.717) is 11.3 Å². The Morgan fingerprint density at radius 3 is 2.09 bits per heavy atom. The summed E-state index contributed by atoms with van der Waals surface area (Å²) in [6.45, 7) is 6.52. The van der Waals surface area contributed by atoms with E-state index in [4.69, 9.17) is 23.2 Å². The monoisotopic (exact) mass is 194 g/mol. The first-order chi connectivity index (χ1) is 4.96. The van der Waals surface area contributed by atoms with Crippen molar-refractivity contribution in [1.29, 1.82) is 0 Å². The predicted molar refractivity (Wildman–Crippen MR) is 51.5 cm³/mol. The van der Waals surface area contributed by atoms with E-state index in [1.807, 2.05) is 0 Å². The lowest BCUT2D eigenvalue weighted by atomic mass is 9.80. The van der Waals surface area contributed by atoms with Gasteiger partial charge in [-0.2, -0.15) is 0 Å². The molecule has 0 aliphatic heterocycles. The van der Waals surface area contributed by atoms with Crippen molar-refractivity contribution >= 4 is 23.2 Å². The largest absolute Gasteiger partial charge is 0.123 e. The van der Waals surface area contributed by atoms with Crippen LogP contribution in [0.5, 0.6) is 0 Å². The third-order valence-corrected chi connectivity index (χ3v) is 4.13. The van der Waals surface area contributed by atoms with E-state index in [0.717, 1.165) is 6.42 Å². The molecular weight excluding hydrogens is 179 g/mol. The summed E-state index contributed by atoms with van der Waals surface area (Å²) in [6, 6.07) is 0. The summed E-state index contributed by atoms with van der Waals surface area (Å²) in [5.74, 6) is 0.590. The van der Waals surface area contributed by atoms with Crippen molar-refractivity contribution in [2.75, 3.05) is 0 Å². The summed E-state index contributed by atoms with van der Waals surface area (Å²) in [5, 5.41) is 0.572. The zero-order valence-corrected chi connectivity index (χ0v) is 8.91. The standard InChI is InChI=1S/C9H16Cl2/c1-6(10)7-4-5-8(11)9(7,2)3/h6-8H,4-5H2,1-3H3/t6?,7-,8+/m0/s1. The number of alkyl halides is 2. The van der Waals surface area contributed by atoms with Crippen LogP contribution < -0.4 is 0 Å². The van der Waals surface area contributed by atoms with Crippen LogP contribution in [0.1, 0.15) is 33.6 Å². The maximum absolute atomic E-state index is 6.18. The molecule has 0 aromatic rings. The fourth-order valence-corrected chi connectivity index (χ4v) is 2.86. The Kier molecular flexibility index (Phi) is 2.76. The normalized spacial score (nSPS) is 39.0. The summed E-state index contributed by atoms with van der Waals surface area (Å²) in [6.07, 6.45) is 2.31. The molecule has 1 saturated carbocycles. The molecule has 0 amide bonds. The van der Waals surface area contributed by atoms with Gasteiger partial charge in [0.2, 0.25) is 0 Å². The van der Waals surface area contributed by atoms with Gasteiger partial charge in [0.05, 0.1) is 0 Å². The molecule has 1 fully saturated rings. The van der Waals surface area contributed by atoms with Gasteiger partial charge in [0.25, 0.3) is 0 Å². The molecule has 0 N–H and O–H groups in total. The van der Waals surface area contributed by atoms with Crippen molar-refractivity contribution in [3.8, 4) is 0 Å². The molecule has 0 nitrogen and oxygen atoms in total. The number of rotatable bonds is 1. The van der Waals surface area contributed by atoms with E-state index in [-0.39, 0.29) is 10.8 Å². The molecule has 0 spiro atoms. The molecule has 0 aromatic heterocycles. The van der Waals surface area contributed by atoms with Crippen LogP contribution in [-0.2, 0) is 0 Å². The molecule has 3 atom stereocenters. The fourth-order valence-electron chi connectivity index (χ4n) is 2.12. The van der Waals surface area contributed by atoms with E-state index in [1.54, 1.807) is 0 Å². The lowest BCUT2D eigenvalue weighted by Crippen LogP contribution is -2.30. The van der Waals surface area contributed by atoms with Crippen molar-refractivity contribution in [1.82, 2.24) is 0 Å². The van der Waals surface area contributed by atoms with E-state index in [1.165, 1.54) is 6.42 Å². The first kappa shape index (κ1) is 9.67. The molecular formula is C9H16Cl2. The van der Waals surface area contributed by atoms with Crippen molar-refractivity contribution in [3.05, 3.63) is 0 Å². The Bertz CT molecular complexity index is 140. The third-order valence-electron chi connectivity index (χ3n) is 3.05. The third kappa shape index (κ3) is 1.67. The molecule has 66 valence electrons. The molecule has 2 heteroatoms.